The van der Waals surface area contributed by atoms with Gasteiger partial charge in [0.05, 0.1) is 33.2 Å². The second kappa shape index (κ2) is 25.0. The molecule has 3 aromatic rings. The monoisotopic (exact) mass is 930 g/mol. The number of hydrogen-bond donors (Lipinski definition) is 0. The molecule has 1 aliphatic rings. The Morgan fingerprint density at radius 2 is 0.680 bits per heavy atom. The summed E-state index contributed by atoms with van der Waals surface area (Å²) < 4.78 is 78.0. The first-order valence-electron chi connectivity index (χ1n) is 16.3. The molecule has 14 heteroatoms. The topological polar surface area (TPSA) is 0 Å². The van der Waals surface area contributed by atoms with Crippen molar-refractivity contribution in [1.29, 1.82) is 0 Å². The molecule has 0 saturated carbocycles. The molecule has 1 aliphatic carbocycles. The van der Waals surface area contributed by atoms with Gasteiger partial charge in [0.25, 0.3) is 0 Å². The van der Waals surface area contributed by atoms with Crippen LogP contribution in [0.1, 0.15) is 68.2 Å². The quantitative estimate of drug-likeness (QED) is 0.120. The summed E-state index contributed by atoms with van der Waals surface area (Å²) in [7, 11) is -13.3. The fraction of sp³-hybridized carbons (Fsp3) is 0.389. The summed E-state index contributed by atoms with van der Waals surface area (Å²) in [6.07, 6.45) is 11.0. The van der Waals surface area contributed by atoms with E-state index in [1.165, 1.54) is 35.1 Å². The van der Waals surface area contributed by atoms with Gasteiger partial charge in [-0.2, -0.15) is 0 Å². The number of rotatable bonds is 8. The Labute approximate surface area is 324 Å². The van der Waals surface area contributed by atoms with Crippen molar-refractivity contribution in [2.75, 3.05) is 0 Å². The molecule has 0 heterocycles. The normalized spacial score (nSPS) is 12.4. The van der Waals surface area contributed by atoms with E-state index in [2.05, 4.69) is 152 Å². The summed E-state index contributed by atoms with van der Waals surface area (Å²) in [5, 5.41) is 3.17. The zero-order valence-corrected chi connectivity index (χ0v) is 34.9. The van der Waals surface area contributed by atoms with Crippen molar-refractivity contribution < 1.29 is 75.4 Å². The number of hydrogen-bond acceptors (Lipinski definition) is 0. The van der Waals surface area contributed by atoms with Gasteiger partial charge in [0, 0.05) is 67.8 Å². The smallest absolute Gasteiger partial charge is 0.418 e. The third-order valence-electron chi connectivity index (χ3n) is 7.35. The summed E-state index contributed by atoms with van der Waals surface area (Å²) in [6.45, 7) is 19.2. The number of halogens is 8. The molecule has 0 aromatic heterocycles. The van der Waals surface area contributed by atoms with Crippen molar-refractivity contribution >= 4 is 41.0 Å². The van der Waals surface area contributed by atoms with Gasteiger partial charge in [-0.3, -0.25) is 0 Å². The number of benzene rings is 3. The Balaban J connectivity index is 0. The average molecular weight is 931 g/mol. The van der Waals surface area contributed by atoms with Crippen molar-refractivity contribution in [3.05, 3.63) is 97.1 Å². The first-order chi connectivity index (χ1) is 22.2. The molecule has 0 amide bonds. The predicted molar refractivity (Wildman–Crippen MR) is 202 cm³/mol. The summed E-state index contributed by atoms with van der Waals surface area (Å²) in [6, 6.07) is 27.7. The standard InChI is InChI=1S/C30H40P2.C6H8.2BF4.2Pd/c1-21(2)31(22(3)4)29-15-11-9-13-27(29)25-17-19-26(20-18-25)28-14-10-12-16-30(28)32(23(5)6)24(7)8;1-2-4-6-5-3-1;2*2-1(3,4)5;;/h9-24H,1-8H3;1-4H,5-6H2;;;;/q;;2*-1;;/p+2. The molecule has 3 aromatic carbocycles. The maximum absolute atomic E-state index is 9.75. The van der Waals surface area contributed by atoms with E-state index >= 15 is 0 Å². The Morgan fingerprint density at radius 3 is 0.880 bits per heavy atom. The molecule has 0 N–H and O–H groups in total. The number of allylic oxidation sites excluding steroid dienone is 4. The SMILES string of the molecule is C1=CCCC=C1.CC(C)[PH+](c1ccccc1-c1ccc(-c2ccccc2[PH+](C(C)C)C(C)C)cc1)C(C)C.F[B-](F)(F)F.F[B-](F)(F)F.[Pd].[Pd]. The van der Waals surface area contributed by atoms with Gasteiger partial charge in [0.15, 0.2) is 0 Å². The zero-order valence-electron chi connectivity index (χ0n) is 29.8. The zero-order chi connectivity index (χ0) is 36.7. The van der Waals surface area contributed by atoms with E-state index in [9.17, 15) is 34.5 Å². The molecule has 0 saturated heterocycles. The average Bonchev–Trinajstić information content (AvgIpc) is 2.97. The van der Waals surface area contributed by atoms with Crippen LogP contribution in [0.25, 0.3) is 22.3 Å². The van der Waals surface area contributed by atoms with Crippen LogP contribution < -0.4 is 10.6 Å². The largest absolute Gasteiger partial charge is 0.673 e. The first kappa shape index (κ1) is 51.0. The van der Waals surface area contributed by atoms with Crippen LogP contribution in [-0.4, -0.2) is 37.1 Å². The molecule has 0 fully saturated rings. The van der Waals surface area contributed by atoms with E-state index in [0.29, 0.717) is 0 Å². The van der Waals surface area contributed by atoms with Crippen molar-refractivity contribution in [1.82, 2.24) is 0 Å². The molecular weight excluding hydrogens is 881 g/mol. The van der Waals surface area contributed by atoms with Crippen molar-refractivity contribution in [3.8, 4) is 22.3 Å². The van der Waals surface area contributed by atoms with Crippen LogP contribution >= 0.6 is 15.8 Å². The van der Waals surface area contributed by atoms with Gasteiger partial charge in [-0.1, -0.05) is 85.0 Å². The van der Waals surface area contributed by atoms with Crippen LogP contribution in [0.4, 0.5) is 34.5 Å². The van der Waals surface area contributed by atoms with Crippen molar-refractivity contribution in [2.24, 2.45) is 0 Å². The molecule has 0 atom stereocenters. The van der Waals surface area contributed by atoms with Crippen LogP contribution in [-0.2, 0) is 40.8 Å². The Kier molecular flexibility index (Phi) is 25.5. The molecule has 0 bridgehead atoms. The van der Waals surface area contributed by atoms with Crippen molar-refractivity contribution in [3.63, 3.8) is 0 Å². The van der Waals surface area contributed by atoms with Crippen LogP contribution in [0.5, 0.6) is 0 Å². The van der Waals surface area contributed by atoms with E-state index < -0.39 is 30.4 Å². The van der Waals surface area contributed by atoms with Crippen LogP contribution in [0.3, 0.4) is 0 Å². The minimum absolute atomic E-state index is 0. The first-order valence-corrected chi connectivity index (χ1v) is 19.6. The molecule has 4 rings (SSSR count). The van der Waals surface area contributed by atoms with E-state index in [4.69, 9.17) is 0 Å². The third kappa shape index (κ3) is 20.8. The molecular formula is C36H50B2F8P2Pd2. The Hall–Kier alpha value is -1.11. The van der Waals surface area contributed by atoms with Gasteiger partial charge in [-0.15, -0.1) is 0 Å². The summed E-state index contributed by atoms with van der Waals surface area (Å²) >= 11 is 0. The van der Waals surface area contributed by atoms with E-state index in [-0.39, 0.29) is 40.8 Å². The molecule has 50 heavy (non-hydrogen) atoms. The Bertz CT molecular complexity index is 1280. The van der Waals surface area contributed by atoms with Gasteiger partial charge in [-0.25, -0.2) is 0 Å². The van der Waals surface area contributed by atoms with Gasteiger partial charge >= 0.3 is 14.5 Å². The molecule has 0 radical (unpaired) electrons. The Morgan fingerprint density at radius 1 is 0.440 bits per heavy atom. The fourth-order valence-electron chi connectivity index (χ4n) is 5.92. The molecule has 0 aliphatic heterocycles. The molecule has 0 nitrogen and oxygen atoms in total. The van der Waals surface area contributed by atoms with Crippen LogP contribution in [0.2, 0.25) is 0 Å². The maximum atomic E-state index is 9.75. The third-order valence-corrected chi connectivity index (χ3v) is 14.4. The molecule has 0 spiro atoms. The molecule has 286 valence electrons. The second-order valence-electron chi connectivity index (χ2n) is 12.6. The summed E-state index contributed by atoms with van der Waals surface area (Å²) in [4.78, 5) is 0. The van der Waals surface area contributed by atoms with Crippen LogP contribution in [0, 0.1) is 0 Å². The minimum atomic E-state index is -6.00. The van der Waals surface area contributed by atoms with E-state index in [0.717, 1.165) is 22.6 Å². The second-order valence-corrected chi connectivity index (χ2v) is 20.1. The summed E-state index contributed by atoms with van der Waals surface area (Å²) in [5.74, 6) is 0. The van der Waals surface area contributed by atoms with Crippen LogP contribution in [0.15, 0.2) is 97.1 Å². The summed E-state index contributed by atoms with van der Waals surface area (Å²) in [5.41, 5.74) is 8.45. The minimum Gasteiger partial charge on any atom is -0.418 e. The molecule has 0 unspecified atom stereocenters. The van der Waals surface area contributed by atoms with Crippen molar-refractivity contribution in [2.45, 2.75) is 90.9 Å². The fourth-order valence-corrected chi connectivity index (χ4v) is 12.7. The van der Waals surface area contributed by atoms with E-state index in [1.54, 1.807) is 10.6 Å². The van der Waals surface area contributed by atoms with Gasteiger partial charge in [-0.05, 0) is 91.5 Å². The van der Waals surface area contributed by atoms with Gasteiger partial charge < -0.3 is 34.5 Å². The maximum Gasteiger partial charge on any atom is 0.673 e. The van der Waals surface area contributed by atoms with Gasteiger partial charge in [0.1, 0.15) is 0 Å². The predicted octanol–water partition coefficient (Wildman–Crippen LogP) is 12.8. The van der Waals surface area contributed by atoms with E-state index in [1.807, 2.05) is 0 Å². The van der Waals surface area contributed by atoms with Gasteiger partial charge in [0.2, 0.25) is 0 Å².